The molecule has 0 N–H and O–H groups in total. The van der Waals surface area contributed by atoms with Gasteiger partial charge in [0.05, 0.1) is 14.2 Å². The monoisotopic (exact) mass is 353 g/mol. The van der Waals surface area contributed by atoms with Crippen LogP contribution in [-0.2, 0) is 0 Å². The van der Waals surface area contributed by atoms with Crippen LogP contribution in [0.15, 0.2) is 42.2 Å². The van der Waals surface area contributed by atoms with E-state index in [1.807, 2.05) is 12.1 Å². The molecule has 0 fully saturated rings. The highest BCUT2D eigenvalue weighted by molar-refractivity contribution is 6.16. The van der Waals surface area contributed by atoms with Gasteiger partial charge in [0.1, 0.15) is 22.8 Å². The Hall–Kier alpha value is -2.95. The van der Waals surface area contributed by atoms with Crippen molar-refractivity contribution < 1.29 is 19.0 Å². The topological polar surface area (TPSA) is 48.0 Å². The molecule has 0 radical (unpaired) electrons. The van der Waals surface area contributed by atoms with Crippen molar-refractivity contribution in [2.24, 2.45) is 0 Å². The molecule has 5 heteroatoms. The van der Waals surface area contributed by atoms with E-state index in [0.29, 0.717) is 22.8 Å². The molecule has 1 heterocycles. The summed E-state index contributed by atoms with van der Waals surface area (Å²) in [6, 6.07) is 11.4. The Morgan fingerprint density at radius 3 is 2.31 bits per heavy atom. The molecule has 0 atom stereocenters. The van der Waals surface area contributed by atoms with Gasteiger partial charge in [0.15, 0.2) is 5.76 Å². The second-order valence-electron chi connectivity index (χ2n) is 5.91. The molecule has 0 unspecified atom stereocenters. The second kappa shape index (κ2) is 7.52. The molecule has 0 aliphatic carbocycles. The molecule has 5 nitrogen and oxygen atoms in total. The maximum Gasteiger partial charge on any atom is 0.235 e. The molecule has 0 saturated heterocycles. The lowest BCUT2D eigenvalue weighted by Gasteiger charge is -2.20. The standard InChI is InChI=1S/C21H23NO4/c1-5-22(6-2)15-9-7-14(8-10-15)11-19-21(23)20-17(25-4)12-16(24-3)13-18(20)26-19/h7-13H,5-6H2,1-4H3/b19-11-. The number of hydrogen-bond donors (Lipinski definition) is 0. The van der Waals surface area contributed by atoms with Gasteiger partial charge < -0.3 is 19.1 Å². The Morgan fingerprint density at radius 2 is 1.73 bits per heavy atom. The van der Waals surface area contributed by atoms with Crippen molar-refractivity contribution in [1.29, 1.82) is 0 Å². The fraction of sp³-hybridized carbons (Fsp3) is 0.286. The van der Waals surface area contributed by atoms with Gasteiger partial charge in [-0.15, -0.1) is 0 Å². The van der Waals surface area contributed by atoms with E-state index < -0.39 is 0 Å². The number of fused-ring (bicyclic) bond motifs is 1. The lowest BCUT2D eigenvalue weighted by molar-refractivity contribution is 0.101. The molecule has 2 aromatic carbocycles. The van der Waals surface area contributed by atoms with Gasteiger partial charge in [-0.1, -0.05) is 12.1 Å². The molecule has 26 heavy (non-hydrogen) atoms. The molecule has 2 aromatic rings. The van der Waals surface area contributed by atoms with Gasteiger partial charge in [-0.25, -0.2) is 0 Å². The molecule has 136 valence electrons. The number of hydrogen-bond acceptors (Lipinski definition) is 5. The van der Waals surface area contributed by atoms with Crippen molar-refractivity contribution in [3.05, 3.63) is 53.3 Å². The molecule has 0 amide bonds. The Labute approximate surface area is 153 Å². The van der Waals surface area contributed by atoms with E-state index in [9.17, 15) is 4.79 Å². The zero-order valence-electron chi connectivity index (χ0n) is 15.5. The highest BCUT2D eigenvalue weighted by Gasteiger charge is 2.32. The predicted octanol–water partition coefficient (Wildman–Crippen LogP) is 4.17. The van der Waals surface area contributed by atoms with Crippen LogP contribution < -0.4 is 19.1 Å². The number of anilines is 1. The first-order chi connectivity index (χ1) is 12.6. The van der Waals surface area contributed by atoms with Crippen molar-refractivity contribution >= 4 is 17.5 Å². The van der Waals surface area contributed by atoms with Crippen LogP contribution in [0.4, 0.5) is 5.69 Å². The number of rotatable bonds is 6. The van der Waals surface area contributed by atoms with Gasteiger partial charge in [-0.3, -0.25) is 4.79 Å². The number of nitrogens with zero attached hydrogens (tertiary/aromatic N) is 1. The number of ketones is 1. The van der Waals surface area contributed by atoms with Crippen LogP contribution in [0.1, 0.15) is 29.8 Å². The third-order valence-corrected chi connectivity index (χ3v) is 4.49. The first-order valence-corrected chi connectivity index (χ1v) is 8.66. The number of Topliss-reactive ketones (excluding diaryl/α,β-unsaturated/α-hetero) is 1. The summed E-state index contributed by atoms with van der Waals surface area (Å²) in [6.45, 7) is 6.16. The number of benzene rings is 2. The Bertz CT molecular complexity index is 836. The molecule has 1 aliphatic heterocycles. The molecule has 0 bridgehead atoms. The van der Waals surface area contributed by atoms with E-state index in [-0.39, 0.29) is 11.5 Å². The average molecular weight is 353 g/mol. The van der Waals surface area contributed by atoms with Crippen LogP contribution in [0, 0.1) is 0 Å². The largest absolute Gasteiger partial charge is 0.496 e. The zero-order valence-corrected chi connectivity index (χ0v) is 15.5. The van der Waals surface area contributed by atoms with E-state index in [1.54, 1.807) is 25.3 Å². The van der Waals surface area contributed by atoms with Crippen molar-refractivity contribution in [3.63, 3.8) is 0 Å². The van der Waals surface area contributed by atoms with Crippen LogP contribution >= 0.6 is 0 Å². The Morgan fingerprint density at radius 1 is 1.04 bits per heavy atom. The quantitative estimate of drug-likeness (QED) is 0.730. The van der Waals surface area contributed by atoms with Crippen LogP contribution in [0.2, 0.25) is 0 Å². The number of carbonyl (C=O) groups is 1. The van der Waals surface area contributed by atoms with Crippen molar-refractivity contribution in [1.82, 2.24) is 0 Å². The Balaban J connectivity index is 1.90. The van der Waals surface area contributed by atoms with Crippen molar-refractivity contribution in [2.45, 2.75) is 13.8 Å². The minimum Gasteiger partial charge on any atom is -0.496 e. The third-order valence-electron chi connectivity index (χ3n) is 4.49. The molecule has 1 aliphatic rings. The van der Waals surface area contributed by atoms with E-state index in [4.69, 9.17) is 14.2 Å². The molecular weight excluding hydrogens is 330 g/mol. The normalized spacial score (nSPS) is 14.2. The van der Waals surface area contributed by atoms with Crippen molar-refractivity contribution in [3.8, 4) is 17.2 Å². The van der Waals surface area contributed by atoms with E-state index in [1.165, 1.54) is 7.11 Å². The van der Waals surface area contributed by atoms with Gasteiger partial charge in [0.25, 0.3) is 0 Å². The van der Waals surface area contributed by atoms with Gasteiger partial charge in [0.2, 0.25) is 5.78 Å². The molecule has 0 saturated carbocycles. The lowest BCUT2D eigenvalue weighted by Crippen LogP contribution is -2.21. The SMILES string of the molecule is CCN(CC)c1ccc(/C=C2\Oc3cc(OC)cc(OC)c3C2=O)cc1. The van der Waals surface area contributed by atoms with E-state index >= 15 is 0 Å². The number of ether oxygens (including phenoxy) is 3. The van der Waals surface area contributed by atoms with Crippen LogP contribution in [0.25, 0.3) is 6.08 Å². The molecular formula is C21H23NO4. The van der Waals surface area contributed by atoms with Gasteiger partial charge >= 0.3 is 0 Å². The highest BCUT2D eigenvalue weighted by atomic mass is 16.5. The minimum atomic E-state index is -0.188. The van der Waals surface area contributed by atoms with Crippen LogP contribution in [-0.4, -0.2) is 33.1 Å². The Kier molecular flexibility index (Phi) is 5.16. The number of allylic oxidation sites excluding steroid dienone is 1. The smallest absolute Gasteiger partial charge is 0.235 e. The van der Waals surface area contributed by atoms with E-state index in [0.717, 1.165) is 24.3 Å². The maximum atomic E-state index is 12.7. The first-order valence-electron chi connectivity index (χ1n) is 8.66. The van der Waals surface area contributed by atoms with Crippen LogP contribution in [0.5, 0.6) is 17.2 Å². The summed E-state index contributed by atoms with van der Waals surface area (Å²) in [4.78, 5) is 15.0. The molecule has 0 spiro atoms. The summed E-state index contributed by atoms with van der Waals surface area (Å²) < 4.78 is 16.3. The average Bonchev–Trinajstić information content (AvgIpc) is 2.98. The summed E-state index contributed by atoms with van der Waals surface area (Å²) in [6.07, 6.45) is 1.75. The lowest BCUT2D eigenvalue weighted by atomic mass is 10.1. The maximum absolute atomic E-state index is 12.7. The number of methoxy groups -OCH3 is 2. The van der Waals surface area contributed by atoms with Gasteiger partial charge in [-0.05, 0) is 37.6 Å². The summed E-state index contributed by atoms with van der Waals surface area (Å²) >= 11 is 0. The summed E-state index contributed by atoms with van der Waals surface area (Å²) in [5.74, 6) is 1.58. The van der Waals surface area contributed by atoms with Gasteiger partial charge in [-0.2, -0.15) is 0 Å². The third kappa shape index (κ3) is 3.25. The second-order valence-corrected chi connectivity index (χ2v) is 5.91. The first kappa shape index (κ1) is 17.9. The highest BCUT2D eigenvalue weighted by Crippen LogP contribution is 2.41. The number of carbonyl (C=O) groups excluding carboxylic acids is 1. The van der Waals surface area contributed by atoms with Crippen LogP contribution in [0.3, 0.4) is 0 Å². The predicted molar refractivity (Wildman–Crippen MR) is 102 cm³/mol. The summed E-state index contributed by atoms with van der Waals surface area (Å²) in [5.41, 5.74) is 2.49. The molecule has 3 rings (SSSR count). The van der Waals surface area contributed by atoms with Crippen molar-refractivity contribution in [2.75, 3.05) is 32.2 Å². The fourth-order valence-electron chi connectivity index (χ4n) is 3.05. The summed E-state index contributed by atoms with van der Waals surface area (Å²) in [7, 11) is 3.09. The van der Waals surface area contributed by atoms with Gasteiger partial charge in [0, 0.05) is 30.9 Å². The van der Waals surface area contributed by atoms with E-state index in [2.05, 4.69) is 30.9 Å². The zero-order chi connectivity index (χ0) is 18.7. The fourth-order valence-corrected chi connectivity index (χ4v) is 3.05. The summed E-state index contributed by atoms with van der Waals surface area (Å²) in [5, 5.41) is 0. The minimum absolute atomic E-state index is 0.188. The molecule has 0 aromatic heterocycles.